The Morgan fingerprint density at radius 1 is 1.44 bits per heavy atom. The highest BCUT2D eigenvalue weighted by molar-refractivity contribution is 5.95. The number of carbonyl (C=O) groups is 2. The van der Waals surface area contributed by atoms with Crippen molar-refractivity contribution in [3.05, 3.63) is 11.6 Å². The molecule has 1 atom stereocenters. The van der Waals surface area contributed by atoms with Crippen molar-refractivity contribution in [3.63, 3.8) is 0 Å². The topological polar surface area (TPSA) is 43.4 Å². The highest BCUT2D eigenvalue weighted by Crippen LogP contribution is 2.33. The molecule has 1 aliphatic heterocycles. The van der Waals surface area contributed by atoms with E-state index in [0.717, 1.165) is 18.4 Å². The highest BCUT2D eigenvalue weighted by Gasteiger charge is 2.32. The minimum Gasteiger partial charge on any atom is -0.393 e. The van der Waals surface area contributed by atoms with Crippen LogP contribution in [0.15, 0.2) is 11.6 Å². The highest BCUT2D eigenvalue weighted by atomic mass is 16.6. The number of carbonyl (C=O) groups excluding carboxylic acids is 2. The minimum atomic E-state index is -0.407. The van der Waals surface area contributed by atoms with Crippen LogP contribution in [0.25, 0.3) is 0 Å². The molecule has 0 amide bonds. The maximum atomic E-state index is 11.4. The molecule has 0 N–H and O–H groups in total. The molecule has 1 fully saturated rings. The zero-order valence-electron chi connectivity index (χ0n) is 12.1. The van der Waals surface area contributed by atoms with Gasteiger partial charge in [0.05, 0.1) is 12.3 Å². The van der Waals surface area contributed by atoms with Crippen molar-refractivity contribution in [1.82, 2.24) is 0 Å². The Morgan fingerprint density at radius 2 is 2.06 bits per heavy atom. The monoisotopic (exact) mass is 252 g/mol. The number of esters is 2. The van der Waals surface area contributed by atoms with Gasteiger partial charge in [-0.15, -0.1) is 0 Å². The molecule has 3 nitrogen and oxygen atoms in total. The first-order valence-electron chi connectivity index (χ1n) is 6.61. The van der Waals surface area contributed by atoms with Crippen molar-refractivity contribution < 1.29 is 14.3 Å². The van der Waals surface area contributed by atoms with Crippen LogP contribution >= 0.6 is 0 Å². The molecule has 0 radical (unpaired) electrons. The van der Waals surface area contributed by atoms with Crippen molar-refractivity contribution in [2.75, 3.05) is 0 Å². The molecule has 3 heteroatoms. The molecule has 0 aliphatic carbocycles. The van der Waals surface area contributed by atoms with Gasteiger partial charge in [0.15, 0.2) is 0 Å². The lowest BCUT2D eigenvalue weighted by atomic mass is 9.78. The number of rotatable bonds is 5. The van der Waals surface area contributed by atoms with Gasteiger partial charge in [-0.1, -0.05) is 39.3 Å². The van der Waals surface area contributed by atoms with Gasteiger partial charge in [0.2, 0.25) is 0 Å². The van der Waals surface area contributed by atoms with Crippen LogP contribution in [0.3, 0.4) is 0 Å². The molecule has 0 aromatic carbocycles. The van der Waals surface area contributed by atoms with E-state index in [2.05, 4.69) is 32.4 Å². The van der Waals surface area contributed by atoms with Crippen molar-refractivity contribution in [1.29, 1.82) is 0 Å². The third-order valence-electron chi connectivity index (χ3n) is 3.11. The van der Waals surface area contributed by atoms with E-state index in [1.807, 2.05) is 13.0 Å². The largest absolute Gasteiger partial charge is 0.393 e. The van der Waals surface area contributed by atoms with E-state index in [4.69, 9.17) is 0 Å². The molecule has 1 heterocycles. The first kappa shape index (κ1) is 14.9. The molecule has 18 heavy (non-hydrogen) atoms. The van der Waals surface area contributed by atoms with Crippen molar-refractivity contribution in [3.8, 4) is 0 Å². The zero-order valence-corrected chi connectivity index (χ0v) is 12.1. The summed E-state index contributed by atoms with van der Waals surface area (Å²) in [4.78, 5) is 22.4. The molecular formula is C15H24O3. The average Bonchev–Trinajstić information content (AvgIpc) is 2.40. The second-order valence-corrected chi connectivity index (χ2v) is 6.56. The van der Waals surface area contributed by atoms with E-state index in [1.165, 1.54) is 0 Å². The Hall–Kier alpha value is -1.12. The quantitative estimate of drug-likeness (QED) is 0.427. The van der Waals surface area contributed by atoms with Crippen LogP contribution < -0.4 is 0 Å². The minimum absolute atomic E-state index is 0.195. The van der Waals surface area contributed by atoms with E-state index < -0.39 is 11.9 Å². The van der Waals surface area contributed by atoms with Crippen LogP contribution in [0.4, 0.5) is 0 Å². The fourth-order valence-corrected chi connectivity index (χ4v) is 2.95. The molecule has 1 saturated heterocycles. The van der Waals surface area contributed by atoms with E-state index in [1.54, 1.807) is 0 Å². The van der Waals surface area contributed by atoms with Crippen LogP contribution in [0.5, 0.6) is 0 Å². The maximum Gasteiger partial charge on any atom is 0.321 e. The summed E-state index contributed by atoms with van der Waals surface area (Å²) in [6, 6.07) is 0. The summed E-state index contributed by atoms with van der Waals surface area (Å²) >= 11 is 0. The van der Waals surface area contributed by atoms with Crippen LogP contribution in [0, 0.1) is 17.3 Å². The van der Waals surface area contributed by atoms with E-state index in [0.29, 0.717) is 5.92 Å². The van der Waals surface area contributed by atoms with Crippen molar-refractivity contribution >= 4 is 11.9 Å². The summed E-state index contributed by atoms with van der Waals surface area (Å²) in [5.41, 5.74) is 1.39. The zero-order chi connectivity index (χ0) is 13.9. The first-order chi connectivity index (χ1) is 8.19. The SMILES string of the molecule is C/C(=C\C1CC(=O)OC1=O)CC(C)(C)CC(C)C. The van der Waals surface area contributed by atoms with E-state index in [9.17, 15) is 9.59 Å². The van der Waals surface area contributed by atoms with Gasteiger partial charge in [0.25, 0.3) is 0 Å². The summed E-state index contributed by atoms with van der Waals surface area (Å²) in [5.74, 6) is -0.519. The molecule has 1 rings (SSSR count). The fourth-order valence-electron chi connectivity index (χ4n) is 2.95. The lowest BCUT2D eigenvalue weighted by Gasteiger charge is -2.27. The normalized spacial score (nSPS) is 21.7. The molecular weight excluding hydrogens is 228 g/mol. The standard InChI is InChI=1S/C15H24O3/c1-10(2)8-15(4,5)9-11(3)6-12-7-13(16)18-14(12)17/h6,10,12H,7-9H2,1-5H3/b11-6+. The van der Waals surface area contributed by atoms with Crippen LogP contribution in [-0.2, 0) is 14.3 Å². The average molecular weight is 252 g/mol. The van der Waals surface area contributed by atoms with Crippen molar-refractivity contribution in [2.24, 2.45) is 17.3 Å². The van der Waals surface area contributed by atoms with Crippen LogP contribution in [-0.4, -0.2) is 11.9 Å². The number of ether oxygens (including phenoxy) is 1. The first-order valence-corrected chi connectivity index (χ1v) is 6.61. The Morgan fingerprint density at radius 3 is 2.50 bits per heavy atom. The predicted octanol–water partition coefficient (Wildman–Crippen LogP) is 3.48. The van der Waals surface area contributed by atoms with Gasteiger partial charge < -0.3 is 4.74 Å². The summed E-state index contributed by atoms with van der Waals surface area (Å²) in [6.07, 6.45) is 4.19. The third-order valence-corrected chi connectivity index (χ3v) is 3.11. The number of allylic oxidation sites excluding steroid dienone is 1. The third kappa shape index (κ3) is 4.63. The van der Waals surface area contributed by atoms with Gasteiger partial charge in [-0.3, -0.25) is 9.59 Å². The predicted molar refractivity (Wildman–Crippen MR) is 70.8 cm³/mol. The smallest absolute Gasteiger partial charge is 0.321 e. The molecule has 0 saturated carbocycles. The summed E-state index contributed by atoms with van der Waals surface area (Å²) < 4.78 is 4.55. The Kier molecular flexibility index (Phi) is 4.71. The second-order valence-electron chi connectivity index (χ2n) is 6.56. The maximum absolute atomic E-state index is 11.4. The summed E-state index contributed by atoms with van der Waals surface area (Å²) in [5, 5.41) is 0. The van der Waals surface area contributed by atoms with Gasteiger partial charge >= 0.3 is 11.9 Å². The Balaban J connectivity index is 2.62. The van der Waals surface area contributed by atoms with E-state index >= 15 is 0 Å². The summed E-state index contributed by atoms with van der Waals surface area (Å²) in [6.45, 7) is 10.9. The summed E-state index contributed by atoms with van der Waals surface area (Å²) in [7, 11) is 0. The molecule has 0 aromatic heterocycles. The van der Waals surface area contributed by atoms with Gasteiger partial charge in [-0.25, -0.2) is 0 Å². The lowest BCUT2D eigenvalue weighted by Crippen LogP contribution is -2.15. The van der Waals surface area contributed by atoms with Gasteiger partial charge in [0, 0.05) is 0 Å². The number of hydrogen-bond donors (Lipinski definition) is 0. The van der Waals surface area contributed by atoms with Crippen LogP contribution in [0.2, 0.25) is 0 Å². The van der Waals surface area contributed by atoms with E-state index in [-0.39, 0.29) is 17.8 Å². The van der Waals surface area contributed by atoms with Crippen molar-refractivity contribution in [2.45, 2.75) is 53.9 Å². The Labute approximate surface area is 110 Å². The second kappa shape index (κ2) is 5.68. The fraction of sp³-hybridized carbons (Fsp3) is 0.733. The molecule has 1 aliphatic rings. The van der Waals surface area contributed by atoms with Crippen LogP contribution in [0.1, 0.15) is 53.9 Å². The lowest BCUT2D eigenvalue weighted by molar-refractivity contribution is -0.152. The number of cyclic esters (lactones) is 2. The number of hydrogen-bond acceptors (Lipinski definition) is 3. The molecule has 102 valence electrons. The molecule has 0 spiro atoms. The van der Waals surface area contributed by atoms with Gasteiger partial charge in [0.1, 0.15) is 0 Å². The molecule has 0 bridgehead atoms. The van der Waals surface area contributed by atoms with Gasteiger partial charge in [-0.05, 0) is 31.1 Å². The molecule has 1 unspecified atom stereocenters. The Bertz CT molecular complexity index is 364. The molecule has 0 aromatic rings. The van der Waals surface area contributed by atoms with Gasteiger partial charge in [-0.2, -0.15) is 0 Å².